The number of ether oxygens (including phenoxy) is 2. The van der Waals surface area contributed by atoms with Crippen molar-refractivity contribution in [1.82, 2.24) is 10.2 Å². The number of amides is 1. The minimum absolute atomic E-state index is 0.0213. The third-order valence-corrected chi connectivity index (χ3v) is 4.66. The quantitative estimate of drug-likeness (QED) is 0.802. The Hall–Kier alpha value is -1.89. The number of hydrogen-bond acceptors (Lipinski definition) is 4. The number of hydrogen-bond donors (Lipinski definition) is 1. The highest BCUT2D eigenvalue weighted by atomic mass is 19.1. The van der Waals surface area contributed by atoms with Gasteiger partial charge in [0.05, 0.1) is 12.2 Å². The zero-order valence-corrected chi connectivity index (χ0v) is 16.6. The Morgan fingerprint density at radius 2 is 2.07 bits per heavy atom. The van der Waals surface area contributed by atoms with Crippen molar-refractivity contribution in [3.63, 3.8) is 0 Å². The highest BCUT2D eigenvalue weighted by Gasteiger charge is 2.27. The van der Waals surface area contributed by atoms with Crippen molar-refractivity contribution in [1.29, 1.82) is 0 Å². The van der Waals surface area contributed by atoms with Crippen LogP contribution in [0.5, 0.6) is 5.75 Å². The molecule has 7 heteroatoms. The van der Waals surface area contributed by atoms with Gasteiger partial charge >= 0.3 is 6.09 Å². The van der Waals surface area contributed by atoms with E-state index >= 15 is 0 Å². The average molecular weight is 384 g/mol. The molecule has 5 nitrogen and oxygen atoms in total. The van der Waals surface area contributed by atoms with Gasteiger partial charge in [-0.05, 0) is 30.4 Å². The zero-order chi connectivity index (χ0) is 20.0. The van der Waals surface area contributed by atoms with Gasteiger partial charge in [-0.15, -0.1) is 0 Å². The second kappa shape index (κ2) is 9.35. The molecule has 1 N–H and O–H groups in total. The van der Waals surface area contributed by atoms with Crippen LogP contribution in [0, 0.1) is 17.0 Å². The van der Waals surface area contributed by atoms with E-state index in [0.29, 0.717) is 26.2 Å². The third kappa shape index (κ3) is 6.06. The standard InChI is InChI=1S/C20H30F2N2O3/c1-5-14-12-23-9-10-24(14)19(25)27-13-15-16(21)6-7-17(18(15)22)26-11-8-20(2,3)4/h6-7,14,23H,5,8-13H2,1-4H3/t14-/m1/s1. The van der Waals surface area contributed by atoms with Gasteiger partial charge in [-0.25, -0.2) is 13.6 Å². The molecular weight excluding hydrogens is 354 g/mol. The number of nitrogens with zero attached hydrogens (tertiary/aromatic N) is 1. The average Bonchev–Trinajstić information content (AvgIpc) is 2.62. The second-order valence-electron chi connectivity index (χ2n) is 8.01. The van der Waals surface area contributed by atoms with E-state index in [9.17, 15) is 13.6 Å². The molecule has 0 bridgehead atoms. The van der Waals surface area contributed by atoms with Crippen molar-refractivity contribution in [2.45, 2.75) is 53.2 Å². The first kappa shape index (κ1) is 21.4. The Labute approximate surface area is 160 Å². The third-order valence-electron chi connectivity index (χ3n) is 4.66. The first-order valence-electron chi connectivity index (χ1n) is 9.46. The van der Waals surface area contributed by atoms with Crippen molar-refractivity contribution in [2.75, 3.05) is 26.2 Å². The van der Waals surface area contributed by atoms with Crippen LogP contribution < -0.4 is 10.1 Å². The minimum atomic E-state index is -0.816. The molecule has 1 heterocycles. The number of halogens is 2. The number of carbonyl (C=O) groups is 1. The van der Waals surface area contributed by atoms with Gasteiger partial charge < -0.3 is 19.7 Å². The molecule has 0 unspecified atom stereocenters. The predicted molar refractivity (Wildman–Crippen MR) is 99.8 cm³/mol. The van der Waals surface area contributed by atoms with Crippen molar-refractivity contribution in [2.24, 2.45) is 5.41 Å². The maximum absolute atomic E-state index is 14.6. The summed E-state index contributed by atoms with van der Waals surface area (Å²) in [4.78, 5) is 13.9. The number of piperazine rings is 1. The van der Waals surface area contributed by atoms with Gasteiger partial charge in [0.1, 0.15) is 12.4 Å². The fourth-order valence-electron chi connectivity index (χ4n) is 2.87. The van der Waals surface area contributed by atoms with Crippen molar-refractivity contribution in [3.05, 3.63) is 29.3 Å². The van der Waals surface area contributed by atoms with E-state index in [2.05, 4.69) is 26.1 Å². The molecule has 27 heavy (non-hydrogen) atoms. The normalized spacial score (nSPS) is 17.7. The molecule has 152 valence electrons. The van der Waals surface area contributed by atoms with Gasteiger partial charge in [-0.3, -0.25) is 0 Å². The Morgan fingerprint density at radius 3 is 2.74 bits per heavy atom. The summed E-state index contributed by atoms with van der Waals surface area (Å²) in [5, 5.41) is 3.21. The molecule has 0 saturated carbocycles. The van der Waals surface area contributed by atoms with E-state index in [1.54, 1.807) is 4.90 Å². The number of rotatable bonds is 6. The molecule has 1 amide bonds. The smallest absolute Gasteiger partial charge is 0.410 e. The maximum atomic E-state index is 14.6. The van der Waals surface area contributed by atoms with Crippen LogP contribution in [-0.2, 0) is 11.3 Å². The summed E-state index contributed by atoms with van der Waals surface area (Å²) in [6.45, 7) is 9.88. The molecule has 0 radical (unpaired) electrons. The highest BCUT2D eigenvalue weighted by molar-refractivity contribution is 5.68. The summed E-state index contributed by atoms with van der Waals surface area (Å²) < 4.78 is 39.3. The molecule has 2 rings (SSSR count). The van der Waals surface area contributed by atoms with Crippen LogP contribution in [0.15, 0.2) is 12.1 Å². The van der Waals surface area contributed by atoms with Gasteiger partial charge in [-0.2, -0.15) is 0 Å². The maximum Gasteiger partial charge on any atom is 0.410 e. The molecule has 1 aliphatic heterocycles. The fourth-order valence-corrected chi connectivity index (χ4v) is 2.87. The van der Waals surface area contributed by atoms with Crippen molar-refractivity contribution < 1.29 is 23.0 Å². The Morgan fingerprint density at radius 1 is 1.33 bits per heavy atom. The number of benzene rings is 1. The summed E-state index contributed by atoms with van der Waals surface area (Å²) >= 11 is 0. The van der Waals surface area contributed by atoms with E-state index < -0.39 is 24.3 Å². The van der Waals surface area contributed by atoms with Gasteiger partial charge in [0.15, 0.2) is 11.6 Å². The molecule has 1 fully saturated rings. The zero-order valence-electron chi connectivity index (χ0n) is 16.6. The SMILES string of the molecule is CC[C@@H]1CNCCN1C(=O)OCc1c(F)ccc(OCCC(C)(C)C)c1F. The Balaban J connectivity index is 2.00. The Bertz CT molecular complexity index is 647. The molecule has 1 aromatic rings. The Kier molecular flexibility index (Phi) is 7.41. The van der Waals surface area contributed by atoms with Gasteiger partial charge in [0.25, 0.3) is 0 Å². The van der Waals surface area contributed by atoms with Gasteiger partial charge in [0.2, 0.25) is 0 Å². The lowest BCUT2D eigenvalue weighted by atomic mass is 9.93. The molecule has 0 spiro atoms. The summed E-state index contributed by atoms with van der Waals surface area (Å²) in [7, 11) is 0. The summed E-state index contributed by atoms with van der Waals surface area (Å²) in [6, 6.07) is 2.42. The molecular formula is C20H30F2N2O3. The predicted octanol–water partition coefficient (Wildman–Crippen LogP) is 4.10. The van der Waals surface area contributed by atoms with Crippen LogP contribution in [0.3, 0.4) is 0 Å². The molecule has 1 aromatic carbocycles. The second-order valence-corrected chi connectivity index (χ2v) is 8.01. The topological polar surface area (TPSA) is 50.8 Å². The first-order valence-corrected chi connectivity index (χ1v) is 9.46. The van der Waals surface area contributed by atoms with E-state index in [1.807, 2.05) is 6.92 Å². The molecule has 1 saturated heterocycles. The van der Waals surface area contributed by atoms with Crippen molar-refractivity contribution in [3.8, 4) is 5.75 Å². The molecule has 0 aliphatic carbocycles. The van der Waals surface area contributed by atoms with Crippen LogP contribution in [0.1, 0.15) is 46.1 Å². The lowest BCUT2D eigenvalue weighted by Gasteiger charge is -2.34. The van der Waals surface area contributed by atoms with Crippen LogP contribution in [-0.4, -0.2) is 43.3 Å². The first-order chi connectivity index (χ1) is 12.7. The summed E-state index contributed by atoms with van der Waals surface area (Å²) in [5.41, 5.74) is -0.242. The van der Waals surface area contributed by atoms with E-state index in [4.69, 9.17) is 9.47 Å². The number of carbonyl (C=O) groups excluding carboxylic acids is 1. The fraction of sp³-hybridized carbons (Fsp3) is 0.650. The lowest BCUT2D eigenvalue weighted by Crippen LogP contribution is -2.53. The molecule has 1 aliphatic rings. The molecule has 1 atom stereocenters. The highest BCUT2D eigenvalue weighted by Crippen LogP contribution is 2.26. The van der Waals surface area contributed by atoms with Crippen LogP contribution in [0.25, 0.3) is 0 Å². The van der Waals surface area contributed by atoms with E-state index in [0.717, 1.165) is 18.9 Å². The monoisotopic (exact) mass is 384 g/mol. The van der Waals surface area contributed by atoms with Crippen LogP contribution >= 0.6 is 0 Å². The number of nitrogens with one attached hydrogen (secondary N) is 1. The van der Waals surface area contributed by atoms with Crippen molar-refractivity contribution >= 4 is 6.09 Å². The van der Waals surface area contributed by atoms with E-state index in [-0.39, 0.29) is 22.8 Å². The largest absolute Gasteiger partial charge is 0.490 e. The minimum Gasteiger partial charge on any atom is -0.490 e. The van der Waals surface area contributed by atoms with E-state index in [1.165, 1.54) is 6.07 Å². The summed E-state index contributed by atoms with van der Waals surface area (Å²) in [6.07, 6.45) is 0.957. The van der Waals surface area contributed by atoms with Gasteiger partial charge in [0, 0.05) is 25.7 Å². The molecule has 0 aromatic heterocycles. The summed E-state index contributed by atoms with van der Waals surface area (Å²) in [5.74, 6) is -1.60. The lowest BCUT2D eigenvalue weighted by molar-refractivity contribution is 0.0697. The van der Waals surface area contributed by atoms with Crippen LogP contribution in [0.2, 0.25) is 0 Å². The van der Waals surface area contributed by atoms with Gasteiger partial charge in [-0.1, -0.05) is 27.7 Å². The van der Waals surface area contributed by atoms with Crippen LogP contribution in [0.4, 0.5) is 13.6 Å².